The molecule has 47 heavy (non-hydrogen) atoms. The van der Waals surface area contributed by atoms with Gasteiger partial charge in [-0.15, -0.1) is 0 Å². The molecule has 0 aromatic heterocycles. The molecule has 1 amide bonds. The number of ether oxygens (including phenoxy) is 6. The van der Waals surface area contributed by atoms with E-state index in [1.807, 2.05) is 48.5 Å². The van der Waals surface area contributed by atoms with E-state index < -0.39 is 79.1 Å². The van der Waals surface area contributed by atoms with E-state index in [2.05, 4.69) is 5.32 Å². The topological polar surface area (TPSA) is 190 Å². The van der Waals surface area contributed by atoms with E-state index in [1.165, 1.54) is 0 Å². The number of fused-ring (bicyclic) bond motifs is 3. The van der Waals surface area contributed by atoms with Crippen LogP contribution in [0.25, 0.3) is 11.1 Å². The minimum atomic E-state index is -1.46. The average Bonchev–Trinajstić information content (AvgIpc) is 3.32. The quantitative estimate of drug-likeness (QED) is 0.251. The lowest BCUT2D eigenvalue weighted by molar-refractivity contribution is -0.253. The number of carboxylic acids is 1. The zero-order chi connectivity index (χ0) is 34.2. The van der Waals surface area contributed by atoms with Crippen molar-refractivity contribution in [1.82, 2.24) is 5.32 Å². The monoisotopic (exact) mass is 655 g/mol. The van der Waals surface area contributed by atoms with Crippen LogP contribution in [0, 0.1) is 0 Å². The van der Waals surface area contributed by atoms with E-state index in [-0.39, 0.29) is 25.4 Å². The van der Waals surface area contributed by atoms with Crippen molar-refractivity contribution in [1.29, 1.82) is 0 Å². The van der Waals surface area contributed by atoms with Gasteiger partial charge in [0.05, 0.1) is 6.10 Å². The maximum absolute atomic E-state index is 12.9. The van der Waals surface area contributed by atoms with Crippen LogP contribution in [0.3, 0.4) is 0 Å². The first-order chi connectivity index (χ1) is 22.3. The molecule has 0 spiro atoms. The fourth-order valence-electron chi connectivity index (χ4n) is 5.92. The summed E-state index contributed by atoms with van der Waals surface area (Å²) < 4.78 is 32.8. The third-order valence-corrected chi connectivity index (χ3v) is 7.76. The van der Waals surface area contributed by atoms with Crippen molar-refractivity contribution >= 4 is 35.9 Å². The van der Waals surface area contributed by atoms with Gasteiger partial charge in [-0.05, 0) is 35.1 Å². The van der Waals surface area contributed by atoms with Gasteiger partial charge in [0, 0.05) is 33.6 Å². The van der Waals surface area contributed by atoms with Crippen molar-refractivity contribution in [2.45, 2.75) is 83.0 Å². The normalized spacial score (nSPS) is 22.1. The van der Waals surface area contributed by atoms with Crippen molar-refractivity contribution in [3.05, 3.63) is 59.7 Å². The number of hydrogen-bond donors (Lipinski definition) is 2. The van der Waals surface area contributed by atoms with Crippen molar-refractivity contribution in [2.24, 2.45) is 0 Å². The number of aliphatic carboxylic acids is 1. The van der Waals surface area contributed by atoms with Gasteiger partial charge in [0.15, 0.2) is 18.3 Å². The summed E-state index contributed by atoms with van der Waals surface area (Å²) in [5, 5.41) is 12.3. The molecule has 6 atom stereocenters. The number of carbonyl (C=O) groups excluding carboxylic acids is 5. The van der Waals surface area contributed by atoms with Crippen LogP contribution in [0.15, 0.2) is 48.5 Å². The van der Waals surface area contributed by atoms with Gasteiger partial charge in [0.25, 0.3) is 0 Å². The Kier molecular flexibility index (Phi) is 11.5. The van der Waals surface area contributed by atoms with Crippen molar-refractivity contribution < 1.29 is 62.3 Å². The highest BCUT2D eigenvalue weighted by atomic mass is 16.7. The molecule has 2 N–H and O–H groups in total. The zero-order valence-corrected chi connectivity index (χ0v) is 26.3. The Labute approximate surface area is 270 Å². The first-order valence-corrected chi connectivity index (χ1v) is 15.0. The fraction of sp³-hybridized carbons (Fsp3) is 0.455. The summed E-state index contributed by atoms with van der Waals surface area (Å²) in [5.41, 5.74) is 4.04. The maximum atomic E-state index is 12.9. The molecule has 2 aromatic rings. The Hall–Kier alpha value is -4.98. The summed E-state index contributed by atoms with van der Waals surface area (Å²) in [7, 11) is 0. The van der Waals surface area contributed by atoms with E-state index in [9.17, 15) is 33.9 Å². The summed E-state index contributed by atoms with van der Waals surface area (Å²) in [4.78, 5) is 72.7. The molecule has 0 saturated carbocycles. The van der Waals surface area contributed by atoms with Gasteiger partial charge in [-0.25, -0.2) is 9.59 Å². The van der Waals surface area contributed by atoms with Crippen molar-refractivity contribution in [3.63, 3.8) is 0 Å². The minimum absolute atomic E-state index is 0.0358. The number of nitrogens with one attached hydrogen (secondary N) is 1. The number of alkyl carbamates (subject to hydrolysis) is 1. The molecular formula is C33H37NO13. The Morgan fingerprint density at radius 2 is 1.21 bits per heavy atom. The number of carboxylic acid groups (broad SMARTS) is 1. The molecule has 252 valence electrons. The Morgan fingerprint density at radius 1 is 0.702 bits per heavy atom. The van der Waals surface area contributed by atoms with Gasteiger partial charge in [-0.2, -0.15) is 0 Å². The molecule has 14 heteroatoms. The molecule has 2 aromatic carbocycles. The first kappa shape index (κ1) is 34.9. The lowest BCUT2D eigenvalue weighted by atomic mass is 9.91. The molecular weight excluding hydrogens is 618 g/mol. The van der Waals surface area contributed by atoms with Gasteiger partial charge in [-0.1, -0.05) is 48.5 Å². The van der Waals surface area contributed by atoms with Gasteiger partial charge < -0.3 is 38.8 Å². The fourth-order valence-corrected chi connectivity index (χ4v) is 5.92. The second-order valence-electron chi connectivity index (χ2n) is 11.2. The van der Waals surface area contributed by atoms with Crippen LogP contribution in [-0.4, -0.2) is 90.8 Å². The molecule has 0 radical (unpaired) electrons. The lowest BCUT2D eigenvalue weighted by Crippen LogP contribution is -2.62. The summed E-state index contributed by atoms with van der Waals surface area (Å²) in [6.45, 7) is 4.00. The number of rotatable bonds is 12. The van der Waals surface area contributed by atoms with Crippen LogP contribution in [0.2, 0.25) is 0 Å². The highest BCUT2D eigenvalue weighted by Gasteiger charge is 2.52. The van der Waals surface area contributed by atoms with Crippen LogP contribution in [-0.2, 0) is 52.4 Å². The second kappa shape index (κ2) is 15.5. The number of carbonyl (C=O) groups is 6. The van der Waals surface area contributed by atoms with Crippen LogP contribution in [0.5, 0.6) is 0 Å². The largest absolute Gasteiger partial charge is 0.480 e. The van der Waals surface area contributed by atoms with Crippen LogP contribution in [0.4, 0.5) is 4.79 Å². The number of amides is 1. The standard InChI is InChI=1S/C33H37NO13/c1-17(35)42-16-28-30(45-19(3)37)31(46-20(4)38)29(44-18(2)36)27(47-28)14-13-26(32(39)40)34-33(41)43-15-25-23-11-7-5-9-21(23)22-10-6-8-12-24(22)25/h5-12,25-31H,13-16H2,1-4H3,(H,34,41)(H,39,40)/t26-,27+,28+,29-,30-,31+/m0/s1. The Balaban J connectivity index is 1.48. The molecule has 0 unspecified atom stereocenters. The average molecular weight is 656 g/mol. The van der Waals surface area contributed by atoms with Crippen molar-refractivity contribution in [2.75, 3.05) is 13.2 Å². The smallest absolute Gasteiger partial charge is 0.407 e. The highest BCUT2D eigenvalue weighted by Crippen LogP contribution is 2.44. The molecule has 1 aliphatic heterocycles. The van der Waals surface area contributed by atoms with E-state index in [0.717, 1.165) is 49.9 Å². The predicted molar refractivity (Wildman–Crippen MR) is 161 cm³/mol. The zero-order valence-electron chi connectivity index (χ0n) is 26.3. The Bertz CT molecular complexity index is 1460. The minimum Gasteiger partial charge on any atom is -0.480 e. The SMILES string of the molecule is CC(=O)OC[C@H]1O[C@H](CC[C@H](NC(=O)OCC2c3ccccc3-c3ccccc32)C(=O)O)[C@H](OC(C)=O)[C@@H](OC(C)=O)[C@H]1OC(C)=O. The highest BCUT2D eigenvalue weighted by molar-refractivity contribution is 5.81. The molecule has 1 heterocycles. The van der Waals surface area contributed by atoms with E-state index >= 15 is 0 Å². The van der Waals surface area contributed by atoms with Crippen molar-refractivity contribution in [3.8, 4) is 11.1 Å². The molecule has 14 nitrogen and oxygen atoms in total. The number of hydrogen-bond acceptors (Lipinski definition) is 12. The second-order valence-corrected chi connectivity index (χ2v) is 11.2. The third kappa shape index (κ3) is 8.85. The molecule has 1 fully saturated rings. The van der Waals surface area contributed by atoms with Gasteiger partial charge in [0.1, 0.15) is 25.4 Å². The first-order valence-electron chi connectivity index (χ1n) is 15.0. The Morgan fingerprint density at radius 3 is 1.72 bits per heavy atom. The predicted octanol–water partition coefficient (Wildman–Crippen LogP) is 2.88. The summed E-state index contributed by atoms with van der Waals surface area (Å²) in [5.74, 6) is -4.64. The number of esters is 4. The van der Waals surface area contributed by atoms with Crippen LogP contribution in [0.1, 0.15) is 57.6 Å². The molecule has 2 aliphatic rings. The maximum Gasteiger partial charge on any atom is 0.407 e. The summed E-state index contributed by atoms with van der Waals surface area (Å²) in [6, 6.07) is 14.1. The lowest BCUT2D eigenvalue weighted by Gasteiger charge is -2.44. The molecule has 0 bridgehead atoms. The van der Waals surface area contributed by atoms with Crippen LogP contribution < -0.4 is 5.32 Å². The van der Waals surface area contributed by atoms with Gasteiger partial charge in [0.2, 0.25) is 0 Å². The third-order valence-electron chi connectivity index (χ3n) is 7.76. The molecule has 4 rings (SSSR count). The summed E-state index contributed by atoms with van der Waals surface area (Å²) >= 11 is 0. The molecule has 1 aliphatic carbocycles. The van der Waals surface area contributed by atoms with E-state index in [0.29, 0.717) is 0 Å². The summed E-state index contributed by atoms with van der Waals surface area (Å²) in [6.07, 6.45) is -7.75. The van der Waals surface area contributed by atoms with Gasteiger partial charge in [-0.3, -0.25) is 19.2 Å². The van der Waals surface area contributed by atoms with Crippen LogP contribution >= 0.6 is 0 Å². The van der Waals surface area contributed by atoms with Gasteiger partial charge >= 0.3 is 35.9 Å². The van der Waals surface area contributed by atoms with E-state index in [4.69, 9.17) is 28.4 Å². The molecule has 1 saturated heterocycles. The number of benzene rings is 2. The van der Waals surface area contributed by atoms with E-state index in [1.54, 1.807) is 0 Å².